The second-order valence-electron chi connectivity index (χ2n) is 6.36. The third-order valence-corrected chi connectivity index (χ3v) is 4.44. The predicted octanol–water partition coefficient (Wildman–Crippen LogP) is 6.64. The standard InChI is InChI=1S/C20H34/c1-4-10-19(11-5-2)17-20(12-6-3)16-15-18-13-8-7-9-14-18/h7-9,13-14,19-20H,4-6,10-12,15-17H2,1-3H3. The minimum atomic E-state index is 0.934. The van der Waals surface area contributed by atoms with Crippen LogP contribution in [0.3, 0.4) is 0 Å². The molecule has 0 aliphatic rings. The van der Waals surface area contributed by atoms with E-state index >= 15 is 0 Å². The summed E-state index contributed by atoms with van der Waals surface area (Å²) in [7, 11) is 0. The highest BCUT2D eigenvalue weighted by Gasteiger charge is 2.15. The minimum absolute atomic E-state index is 0.934. The molecule has 1 atom stereocenters. The Hall–Kier alpha value is -0.780. The van der Waals surface area contributed by atoms with E-state index in [4.69, 9.17) is 0 Å². The molecule has 0 spiro atoms. The van der Waals surface area contributed by atoms with Gasteiger partial charge in [0.05, 0.1) is 0 Å². The number of rotatable bonds is 11. The zero-order valence-electron chi connectivity index (χ0n) is 13.9. The zero-order valence-corrected chi connectivity index (χ0v) is 13.9. The smallest absolute Gasteiger partial charge is 0.0276 e. The average Bonchev–Trinajstić information content (AvgIpc) is 2.46. The molecule has 20 heavy (non-hydrogen) atoms. The number of hydrogen-bond donors (Lipinski definition) is 0. The summed E-state index contributed by atoms with van der Waals surface area (Å²) in [5.74, 6) is 1.90. The topological polar surface area (TPSA) is 0 Å². The summed E-state index contributed by atoms with van der Waals surface area (Å²) in [5, 5.41) is 0. The Bertz CT molecular complexity index is 308. The molecule has 0 fully saturated rings. The van der Waals surface area contributed by atoms with Crippen molar-refractivity contribution < 1.29 is 0 Å². The van der Waals surface area contributed by atoms with Crippen LogP contribution in [0, 0.1) is 11.8 Å². The monoisotopic (exact) mass is 274 g/mol. The van der Waals surface area contributed by atoms with Gasteiger partial charge in [-0.15, -0.1) is 0 Å². The van der Waals surface area contributed by atoms with Crippen LogP contribution in [0.1, 0.15) is 77.7 Å². The van der Waals surface area contributed by atoms with Gasteiger partial charge in [-0.2, -0.15) is 0 Å². The van der Waals surface area contributed by atoms with Gasteiger partial charge in [-0.05, 0) is 36.7 Å². The van der Waals surface area contributed by atoms with E-state index in [-0.39, 0.29) is 0 Å². The van der Waals surface area contributed by atoms with Crippen LogP contribution in [0.25, 0.3) is 0 Å². The first-order valence-electron chi connectivity index (χ1n) is 8.84. The maximum absolute atomic E-state index is 2.34. The number of hydrogen-bond acceptors (Lipinski definition) is 0. The first kappa shape index (κ1) is 17.3. The highest BCUT2D eigenvalue weighted by molar-refractivity contribution is 5.14. The van der Waals surface area contributed by atoms with Crippen LogP contribution in [0.15, 0.2) is 30.3 Å². The lowest BCUT2D eigenvalue weighted by molar-refractivity contribution is 0.303. The first-order valence-corrected chi connectivity index (χ1v) is 8.84. The minimum Gasteiger partial charge on any atom is -0.0654 e. The summed E-state index contributed by atoms with van der Waals surface area (Å²) in [6.45, 7) is 7.01. The van der Waals surface area contributed by atoms with Crippen LogP contribution in [0.2, 0.25) is 0 Å². The van der Waals surface area contributed by atoms with Gasteiger partial charge >= 0.3 is 0 Å². The molecule has 0 aliphatic carbocycles. The highest BCUT2D eigenvalue weighted by atomic mass is 14.2. The lowest BCUT2D eigenvalue weighted by Gasteiger charge is -2.23. The molecule has 0 radical (unpaired) electrons. The van der Waals surface area contributed by atoms with E-state index in [1.165, 1.54) is 63.4 Å². The van der Waals surface area contributed by atoms with E-state index in [1.807, 2.05) is 0 Å². The van der Waals surface area contributed by atoms with Gasteiger partial charge in [0.1, 0.15) is 0 Å². The van der Waals surface area contributed by atoms with Crippen molar-refractivity contribution in [3.8, 4) is 0 Å². The van der Waals surface area contributed by atoms with E-state index < -0.39 is 0 Å². The fourth-order valence-electron chi connectivity index (χ4n) is 3.47. The molecule has 0 heterocycles. The molecule has 0 heteroatoms. The van der Waals surface area contributed by atoms with Crippen LogP contribution in [0.4, 0.5) is 0 Å². The SMILES string of the molecule is CCCC(CCC)CC(CCC)CCc1ccccc1. The molecule has 0 saturated heterocycles. The van der Waals surface area contributed by atoms with Crippen LogP contribution >= 0.6 is 0 Å². The maximum Gasteiger partial charge on any atom is -0.0276 e. The summed E-state index contributed by atoms with van der Waals surface area (Å²) in [5.41, 5.74) is 1.51. The third-order valence-electron chi connectivity index (χ3n) is 4.44. The molecule has 0 bridgehead atoms. The molecular formula is C20H34. The van der Waals surface area contributed by atoms with Crippen molar-refractivity contribution in [1.82, 2.24) is 0 Å². The third kappa shape index (κ3) is 7.12. The van der Waals surface area contributed by atoms with Gasteiger partial charge < -0.3 is 0 Å². The van der Waals surface area contributed by atoms with Crippen molar-refractivity contribution >= 4 is 0 Å². The summed E-state index contributed by atoms with van der Waals surface area (Å²) in [6.07, 6.45) is 12.4. The molecule has 1 aromatic rings. The molecule has 1 unspecified atom stereocenters. The Morgan fingerprint density at radius 1 is 0.700 bits per heavy atom. The lowest BCUT2D eigenvalue weighted by atomic mass is 9.83. The van der Waals surface area contributed by atoms with Gasteiger partial charge in [-0.25, -0.2) is 0 Å². The first-order chi connectivity index (χ1) is 9.80. The predicted molar refractivity (Wildman–Crippen MR) is 91.1 cm³/mol. The normalized spacial score (nSPS) is 12.8. The van der Waals surface area contributed by atoms with Crippen molar-refractivity contribution in [3.05, 3.63) is 35.9 Å². The van der Waals surface area contributed by atoms with Gasteiger partial charge in [0.15, 0.2) is 0 Å². The van der Waals surface area contributed by atoms with Gasteiger partial charge in [-0.1, -0.05) is 89.6 Å². The molecule has 0 amide bonds. The summed E-state index contributed by atoms with van der Waals surface area (Å²) < 4.78 is 0. The average molecular weight is 274 g/mol. The molecule has 0 nitrogen and oxygen atoms in total. The molecule has 1 rings (SSSR count). The van der Waals surface area contributed by atoms with Gasteiger partial charge in [0, 0.05) is 0 Å². The second kappa shape index (κ2) is 10.9. The molecule has 0 N–H and O–H groups in total. The summed E-state index contributed by atoms with van der Waals surface area (Å²) in [6, 6.07) is 11.0. The van der Waals surface area contributed by atoms with Crippen molar-refractivity contribution in [3.63, 3.8) is 0 Å². The maximum atomic E-state index is 2.34. The Labute approximate surface area is 127 Å². The Morgan fingerprint density at radius 2 is 1.20 bits per heavy atom. The second-order valence-corrected chi connectivity index (χ2v) is 6.36. The van der Waals surface area contributed by atoms with Crippen LogP contribution in [-0.2, 0) is 6.42 Å². The summed E-state index contributed by atoms with van der Waals surface area (Å²) in [4.78, 5) is 0. The quantitative estimate of drug-likeness (QED) is 0.424. The van der Waals surface area contributed by atoms with Crippen molar-refractivity contribution in [2.45, 2.75) is 78.6 Å². The van der Waals surface area contributed by atoms with Crippen LogP contribution in [0.5, 0.6) is 0 Å². The fraction of sp³-hybridized carbons (Fsp3) is 0.700. The van der Waals surface area contributed by atoms with E-state index in [0.29, 0.717) is 0 Å². The van der Waals surface area contributed by atoms with Crippen molar-refractivity contribution in [2.24, 2.45) is 11.8 Å². The van der Waals surface area contributed by atoms with Gasteiger partial charge in [0.25, 0.3) is 0 Å². The van der Waals surface area contributed by atoms with E-state index in [2.05, 4.69) is 51.1 Å². The van der Waals surface area contributed by atoms with E-state index in [0.717, 1.165) is 11.8 Å². The van der Waals surface area contributed by atoms with Crippen molar-refractivity contribution in [1.29, 1.82) is 0 Å². The lowest BCUT2D eigenvalue weighted by Crippen LogP contribution is -2.10. The molecule has 0 aliphatic heterocycles. The molecule has 1 aromatic carbocycles. The highest BCUT2D eigenvalue weighted by Crippen LogP contribution is 2.28. The van der Waals surface area contributed by atoms with Crippen LogP contribution in [-0.4, -0.2) is 0 Å². The van der Waals surface area contributed by atoms with Crippen molar-refractivity contribution in [2.75, 3.05) is 0 Å². The summed E-state index contributed by atoms with van der Waals surface area (Å²) >= 11 is 0. The molecule has 0 saturated carbocycles. The van der Waals surface area contributed by atoms with Crippen LogP contribution < -0.4 is 0 Å². The van der Waals surface area contributed by atoms with E-state index in [9.17, 15) is 0 Å². The Balaban J connectivity index is 2.45. The Morgan fingerprint density at radius 3 is 1.70 bits per heavy atom. The molecule has 0 aromatic heterocycles. The Kier molecular flexibility index (Phi) is 9.45. The fourth-order valence-corrected chi connectivity index (χ4v) is 3.47. The van der Waals surface area contributed by atoms with E-state index in [1.54, 1.807) is 0 Å². The zero-order chi connectivity index (χ0) is 14.6. The molecular weight excluding hydrogens is 240 g/mol. The largest absolute Gasteiger partial charge is 0.0654 e. The number of benzene rings is 1. The molecule has 114 valence electrons. The number of aryl methyl sites for hydroxylation is 1. The van der Waals surface area contributed by atoms with Gasteiger partial charge in [0.2, 0.25) is 0 Å². The van der Waals surface area contributed by atoms with Gasteiger partial charge in [-0.3, -0.25) is 0 Å².